The second-order valence-corrected chi connectivity index (χ2v) is 9.66. The van der Waals surface area contributed by atoms with E-state index in [1.807, 2.05) is 0 Å². The average molecular weight is 374 g/mol. The number of thiophene rings is 1. The number of amides is 1. The monoisotopic (exact) mass is 374 g/mol. The fourth-order valence-corrected chi connectivity index (χ4v) is 5.39. The van der Waals surface area contributed by atoms with E-state index in [2.05, 4.69) is 0 Å². The van der Waals surface area contributed by atoms with Crippen molar-refractivity contribution in [3.63, 3.8) is 0 Å². The van der Waals surface area contributed by atoms with E-state index in [1.54, 1.807) is 6.07 Å². The summed E-state index contributed by atoms with van der Waals surface area (Å²) in [7, 11) is -2.05. The van der Waals surface area contributed by atoms with Crippen molar-refractivity contribution in [2.24, 2.45) is 0 Å². The summed E-state index contributed by atoms with van der Waals surface area (Å²) in [6.07, 6.45) is 1.71. The lowest BCUT2D eigenvalue weighted by atomic mass is 10.0. The van der Waals surface area contributed by atoms with Gasteiger partial charge in [-0.3, -0.25) is 4.79 Å². The number of nitrogens with zero attached hydrogens (tertiary/aromatic N) is 2. The fraction of sp³-hybridized carbons (Fsp3) is 0.600. The topological polar surface area (TPSA) is 95.0 Å². The van der Waals surface area contributed by atoms with Crippen molar-refractivity contribution in [2.75, 3.05) is 20.1 Å². The van der Waals surface area contributed by atoms with E-state index >= 15 is 0 Å². The number of carbonyl (C=O) groups excluding carboxylic acids is 1. The third-order valence-corrected chi connectivity index (χ3v) is 7.81. The Kier molecular flexibility index (Phi) is 5.36. The summed E-state index contributed by atoms with van der Waals surface area (Å²) in [5.41, 5.74) is -1.32. The van der Waals surface area contributed by atoms with E-state index < -0.39 is 21.5 Å². The standard InChI is InChI=1S/C15H22N2O5S2/c1-15(2,14(19)20)16(3)12(18)10-11-6-7-13(23-11)24(21,22)17-8-4-5-9-17/h6-7H,4-5,8-10H2,1-3H3,(H,19,20). The SMILES string of the molecule is CN(C(=O)Cc1ccc(S(=O)(=O)N2CCCC2)s1)C(C)(C)C(=O)O. The summed E-state index contributed by atoms with van der Waals surface area (Å²) in [4.78, 5) is 25.3. The van der Waals surface area contributed by atoms with Gasteiger partial charge in [-0.2, -0.15) is 4.31 Å². The largest absolute Gasteiger partial charge is 0.480 e. The Morgan fingerprint density at radius 1 is 1.29 bits per heavy atom. The van der Waals surface area contributed by atoms with Gasteiger partial charge in [0.25, 0.3) is 10.0 Å². The molecule has 9 heteroatoms. The molecule has 1 N–H and O–H groups in total. The molecule has 7 nitrogen and oxygen atoms in total. The number of rotatable bonds is 6. The smallest absolute Gasteiger partial charge is 0.329 e. The van der Waals surface area contributed by atoms with Crippen molar-refractivity contribution in [2.45, 2.75) is 42.9 Å². The van der Waals surface area contributed by atoms with Crippen LogP contribution in [0.5, 0.6) is 0 Å². The van der Waals surface area contributed by atoms with Crippen molar-refractivity contribution >= 4 is 33.2 Å². The van der Waals surface area contributed by atoms with Crippen molar-refractivity contribution in [3.8, 4) is 0 Å². The Morgan fingerprint density at radius 2 is 1.88 bits per heavy atom. The predicted octanol–water partition coefficient (Wildman–Crippen LogP) is 1.40. The second-order valence-electron chi connectivity index (χ2n) is 6.33. The van der Waals surface area contributed by atoms with Gasteiger partial charge >= 0.3 is 5.97 Å². The molecule has 1 fully saturated rings. The minimum atomic E-state index is -3.48. The highest BCUT2D eigenvalue weighted by molar-refractivity contribution is 7.91. The Hall–Kier alpha value is -1.45. The molecule has 2 rings (SSSR count). The van der Waals surface area contributed by atoms with Crippen molar-refractivity contribution in [1.29, 1.82) is 0 Å². The molecular formula is C15H22N2O5S2. The molecule has 1 saturated heterocycles. The van der Waals surface area contributed by atoms with Crippen molar-refractivity contribution < 1.29 is 23.1 Å². The van der Waals surface area contributed by atoms with Gasteiger partial charge in [-0.15, -0.1) is 11.3 Å². The zero-order valence-electron chi connectivity index (χ0n) is 14.0. The van der Waals surface area contributed by atoms with Crippen LogP contribution >= 0.6 is 11.3 Å². The predicted molar refractivity (Wildman–Crippen MR) is 90.5 cm³/mol. The number of hydrogen-bond donors (Lipinski definition) is 1. The van der Waals surface area contributed by atoms with E-state index in [1.165, 1.54) is 36.2 Å². The Labute approximate surface area is 145 Å². The van der Waals surface area contributed by atoms with Crippen molar-refractivity contribution in [1.82, 2.24) is 9.21 Å². The summed E-state index contributed by atoms with van der Waals surface area (Å²) >= 11 is 1.07. The third-order valence-electron chi connectivity index (χ3n) is 4.36. The van der Waals surface area contributed by atoms with Crippen molar-refractivity contribution in [3.05, 3.63) is 17.0 Å². The van der Waals surface area contributed by atoms with Gasteiger partial charge in [-0.1, -0.05) is 0 Å². The Morgan fingerprint density at radius 3 is 2.42 bits per heavy atom. The molecule has 0 aromatic carbocycles. The Bertz CT molecular complexity index is 733. The molecule has 1 aromatic heterocycles. The number of carboxylic acids is 1. The van der Waals surface area contributed by atoms with Gasteiger partial charge in [0, 0.05) is 25.0 Å². The maximum absolute atomic E-state index is 12.5. The average Bonchev–Trinajstić information content (AvgIpc) is 3.17. The molecule has 1 aromatic rings. The van der Waals surface area contributed by atoms with Gasteiger partial charge in [0.15, 0.2) is 0 Å². The van der Waals surface area contributed by atoms with Crippen LogP contribution in [0.25, 0.3) is 0 Å². The zero-order valence-corrected chi connectivity index (χ0v) is 15.6. The molecule has 2 heterocycles. The number of carbonyl (C=O) groups is 2. The minimum Gasteiger partial charge on any atom is -0.480 e. The van der Waals surface area contributed by atoms with Crippen LogP contribution in [0.15, 0.2) is 16.3 Å². The highest BCUT2D eigenvalue weighted by Crippen LogP contribution is 2.28. The van der Waals surface area contributed by atoms with Gasteiger partial charge < -0.3 is 10.0 Å². The first-order valence-electron chi connectivity index (χ1n) is 7.65. The Balaban J connectivity index is 2.11. The van der Waals surface area contributed by atoms with Gasteiger partial charge in [-0.25, -0.2) is 13.2 Å². The first kappa shape index (κ1) is 18.9. The molecule has 0 aliphatic carbocycles. The van der Waals surface area contributed by atoms with Gasteiger partial charge in [-0.05, 0) is 38.8 Å². The van der Waals surface area contributed by atoms with Crippen LogP contribution in [0.1, 0.15) is 31.6 Å². The van der Waals surface area contributed by atoms with Crippen LogP contribution in [0.3, 0.4) is 0 Å². The lowest BCUT2D eigenvalue weighted by molar-refractivity contribution is -0.155. The summed E-state index contributed by atoms with van der Waals surface area (Å²) < 4.78 is 26.7. The first-order valence-corrected chi connectivity index (χ1v) is 9.91. The molecule has 24 heavy (non-hydrogen) atoms. The van der Waals surface area contributed by atoms with Crippen LogP contribution < -0.4 is 0 Å². The molecule has 1 aliphatic rings. The molecule has 0 bridgehead atoms. The highest BCUT2D eigenvalue weighted by atomic mass is 32.2. The van der Waals surface area contributed by atoms with E-state index in [4.69, 9.17) is 0 Å². The van der Waals surface area contributed by atoms with E-state index in [0.29, 0.717) is 18.0 Å². The second kappa shape index (κ2) is 6.81. The number of aliphatic carboxylic acids is 1. The van der Waals surface area contributed by atoms with Gasteiger partial charge in [0.2, 0.25) is 5.91 Å². The molecule has 1 aliphatic heterocycles. The molecule has 0 unspecified atom stereocenters. The lowest BCUT2D eigenvalue weighted by Crippen LogP contribution is -2.51. The van der Waals surface area contributed by atoms with E-state index in [9.17, 15) is 23.1 Å². The summed E-state index contributed by atoms with van der Waals surface area (Å²) in [5, 5.41) is 9.18. The number of likely N-dealkylation sites (N-methyl/N-ethyl adjacent to an activating group) is 1. The summed E-state index contributed by atoms with van der Waals surface area (Å²) in [5.74, 6) is -1.46. The molecule has 0 spiro atoms. The number of sulfonamides is 1. The van der Waals surface area contributed by atoms with Gasteiger partial charge in [0.05, 0.1) is 6.42 Å². The third kappa shape index (κ3) is 3.62. The maximum atomic E-state index is 12.5. The molecular weight excluding hydrogens is 352 g/mol. The molecule has 0 radical (unpaired) electrons. The molecule has 0 atom stereocenters. The number of carboxylic acid groups (broad SMARTS) is 1. The quantitative estimate of drug-likeness (QED) is 0.812. The normalized spacial score (nSPS) is 16.3. The van der Waals surface area contributed by atoms with Crippen LogP contribution in [0.2, 0.25) is 0 Å². The summed E-state index contributed by atoms with van der Waals surface area (Å²) in [6.45, 7) is 3.96. The van der Waals surface area contributed by atoms with E-state index in [0.717, 1.165) is 24.2 Å². The molecule has 0 saturated carbocycles. The highest BCUT2D eigenvalue weighted by Gasteiger charge is 2.35. The van der Waals surface area contributed by atoms with Crippen LogP contribution in [0, 0.1) is 0 Å². The fourth-order valence-electron chi connectivity index (χ4n) is 2.37. The van der Waals surface area contributed by atoms with Crippen LogP contribution in [0.4, 0.5) is 0 Å². The molecule has 1 amide bonds. The molecule has 134 valence electrons. The van der Waals surface area contributed by atoms with Crippen LogP contribution in [-0.4, -0.2) is 60.3 Å². The maximum Gasteiger partial charge on any atom is 0.329 e. The van der Waals surface area contributed by atoms with Crippen LogP contribution in [-0.2, 0) is 26.0 Å². The first-order chi connectivity index (χ1) is 11.1. The minimum absolute atomic E-state index is 0.0204. The van der Waals surface area contributed by atoms with Gasteiger partial charge in [0.1, 0.15) is 9.75 Å². The number of hydrogen-bond acceptors (Lipinski definition) is 5. The lowest BCUT2D eigenvalue weighted by Gasteiger charge is -2.31. The van der Waals surface area contributed by atoms with E-state index in [-0.39, 0.29) is 16.5 Å². The summed E-state index contributed by atoms with van der Waals surface area (Å²) in [6, 6.07) is 3.14. The zero-order chi connectivity index (χ0) is 18.1.